The molecule has 5 rings (SSSR count). The highest BCUT2D eigenvalue weighted by Gasteiger charge is 2.73. The molecule has 0 spiro atoms. The lowest BCUT2D eigenvalue weighted by atomic mass is 9.31. The van der Waals surface area contributed by atoms with E-state index >= 15 is 0 Å². The Labute approximate surface area is 257 Å². The molecule has 1 N–H and O–H groups in total. The summed E-state index contributed by atoms with van der Waals surface area (Å²) >= 11 is 0. The molecule has 4 heteroatoms. The molecule has 0 aromatic carbocycles. The van der Waals surface area contributed by atoms with Gasteiger partial charge in [0.15, 0.2) is 0 Å². The summed E-state index contributed by atoms with van der Waals surface area (Å²) in [4.78, 5) is 15.8. The number of carbonyl (C=O) groups is 1. The van der Waals surface area contributed by atoms with E-state index in [1.807, 2.05) is 0 Å². The van der Waals surface area contributed by atoms with Crippen LogP contribution in [0.4, 0.5) is 0 Å². The number of methoxy groups -OCH3 is 1. The molecule has 0 aliphatic heterocycles. The van der Waals surface area contributed by atoms with Crippen molar-refractivity contribution < 1.29 is 14.6 Å². The Kier molecular flexibility index (Phi) is 8.14. The van der Waals surface area contributed by atoms with Crippen molar-refractivity contribution in [3.05, 3.63) is 12.2 Å². The highest BCUT2D eigenvalue weighted by atomic mass is 16.5. The summed E-state index contributed by atoms with van der Waals surface area (Å²) in [6, 6.07) is 0. The minimum Gasteiger partial charge on any atom is -0.469 e. The average Bonchev–Trinajstić information content (AvgIpc) is 3.35. The second-order valence-corrected chi connectivity index (χ2v) is 16.7. The minimum absolute atomic E-state index is 0.0386. The fourth-order valence-electron chi connectivity index (χ4n) is 12.6. The number of ether oxygens (including phenoxy) is 1. The van der Waals surface area contributed by atoms with E-state index in [2.05, 4.69) is 78.7 Å². The van der Waals surface area contributed by atoms with Crippen LogP contribution in [-0.4, -0.2) is 48.3 Å². The van der Waals surface area contributed by atoms with Crippen molar-refractivity contribution in [2.75, 3.05) is 26.7 Å². The van der Waals surface area contributed by atoms with Crippen molar-refractivity contribution in [1.82, 2.24) is 4.90 Å². The molecule has 0 bridgehead atoms. The monoisotopic (exact) mass is 579 g/mol. The summed E-state index contributed by atoms with van der Waals surface area (Å²) in [6.45, 7) is 26.2. The highest BCUT2D eigenvalue weighted by molar-refractivity contribution is 5.78. The Balaban J connectivity index is 1.48. The van der Waals surface area contributed by atoms with Gasteiger partial charge < -0.3 is 9.84 Å². The molecule has 0 aromatic heterocycles. The fourth-order valence-corrected chi connectivity index (χ4v) is 12.6. The Hall–Kier alpha value is -1.31. The van der Waals surface area contributed by atoms with Gasteiger partial charge in [-0.3, -0.25) is 9.69 Å². The van der Waals surface area contributed by atoms with E-state index in [0.717, 1.165) is 64.6 Å². The van der Waals surface area contributed by atoms with Crippen LogP contribution < -0.4 is 0 Å². The van der Waals surface area contributed by atoms with Crippen LogP contribution in [0.2, 0.25) is 0 Å². The van der Waals surface area contributed by atoms with Gasteiger partial charge in [-0.25, -0.2) is 0 Å². The third-order valence-electron chi connectivity index (χ3n) is 15.4. The number of aliphatic hydroxyl groups is 1. The summed E-state index contributed by atoms with van der Waals surface area (Å²) in [7, 11) is 1.59. The number of rotatable bonds is 5. The van der Waals surface area contributed by atoms with Crippen LogP contribution in [0.25, 0.3) is 0 Å². The number of esters is 1. The number of allylic oxidation sites excluding steroid dienone is 1. The summed E-state index contributed by atoms with van der Waals surface area (Å²) in [5.74, 6) is 9.23. The highest BCUT2D eigenvalue weighted by Crippen LogP contribution is 2.78. The quantitative estimate of drug-likeness (QED) is 0.204. The molecule has 5 aliphatic carbocycles. The number of carbonyl (C=O) groups excluding carboxylic acids is 1. The molecule has 236 valence electrons. The van der Waals surface area contributed by atoms with E-state index in [1.165, 1.54) is 24.8 Å². The smallest absolute Gasteiger partial charge is 0.312 e. The van der Waals surface area contributed by atoms with Crippen molar-refractivity contribution in [1.29, 1.82) is 0 Å². The van der Waals surface area contributed by atoms with E-state index in [-0.39, 0.29) is 33.0 Å². The van der Waals surface area contributed by atoms with Gasteiger partial charge in [-0.15, -0.1) is 0 Å². The van der Waals surface area contributed by atoms with Gasteiger partial charge in [0.05, 0.1) is 19.1 Å². The molecule has 5 saturated carbocycles. The van der Waals surface area contributed by atoms with Gasteiger partial charge in [0.2, 0.25) is 0 Å². The van der Waals surface area contributed by atoms with Crippen molar-refractivity contribution in [3.8, 4) is 11.8 Å². The van der Waals surface area contributed by atoms with Crippen LogP contribution in [0, 0.1) is 68.5 Å². The predicted molar refractivity (Wildman–Crippen MR) is 171 cm³/mol. The van der Waals surface area contributed by atoms with Crippen LogP contribution in [0.5, 0.6) is 0 Å². The van der Waals surface area contributed by atoms with Gasteiger partial charge in [0.25, 0.3) is 0 Å². The molecule has 4 nitrogen and oxygen atoms in total. The normalized spacial score (nSPS) is 47.3. The zero-order valence-electron chi connectivity index (χ0n) is 28.5. The lowest BCUT2D eigenvalue weighted by Gasteiger charge is -2.73. The van der Waals surface area contributed by atoms with Crippen molar-refractivity contribution in [2.24, 2.45) is 56.7 Å². The number of hydrogen-bond acceptors (Lipinski definition) is 4. The maximum atomic E-state index is 13.5. The van der Waals surface area contributed by atoms with E-state index < -0.39 is 5.60 Å². The Bertz CT molecular complexity index is 1140. The molecule has 0 unspecified atom stereocenters. The van der Waals surface area contributed by atoms with Crippen molar-refractivity contribution >= 4 is 5.97 Å². The van der Waals surface area contributed by atoms with Crippen LogP contribution in [-0.2, 0) is 9.53 Å². The van der Waals surface area contributed by atoms with Crippen molar-refractivity contribution in [3.63, 3.8) is 0 Å². The number of nitrogens with zero attached hydrogens (tertiary/aromatic N) is 1. The van der Waals surface area contributed by atoms with Crippen LogP contribution in [0.3, 0.4) is 0 Å². The maximum absolute atomic E-state index is 13.5. The van der Waals surface area contributed by atoms with Crippen LogP contribution in [0.1, 0.15) is 120 Å². The molecule has 0 radical (unpaired) electrons. The number of fused-ring (bicyclic) bond motifs is 7. The fraction of sp³-hybridized carbons (Fsp3) is 0.868. The molecule has 0 saturated heterocycles. The maximum Gasteiger partial charge on any atom is 0.312 e. The second kappa shape index (κ2) is 10.7. The first kappa shape index (κ1) is 32.1. The molecule has 0 heterocycles. The summed E-state index contributed by atoms with van der Waals surface area (Å²) in [5, 5.41) is 12.2. The summed E-state index contributed by atoms with van der Waals surface area (Å²) in [6.07, 6.45) is 10.7. The lowest BCUT2D eigenvalue weighted by Crippen LogP contribution is -2.68. The van der Waals surface area contributed by atoms with Crippen LogP contribution in [0.15, 0.2) is 12.2 Å². The first-order chi connectivity index (χ1) is 19.6. The molecular formula is C38H61NO3. The third-order valence-corrected chi connectivity index (χ3v) is 15.4. The van der Waals surface area contributed by atoms with Gasteiger partial charge in [0, 0.05) is 5.41 Å². The van der Waals surface area contributed by atoms with E-state index in [0.29, 0.717) is 29.6 Å². The van der Waals surface area contributed by atoms with E-state index in [1.54, 1.807) is 7.11 Å². The zero-order chi connectivity index (χ0) is 30.9. The Morgan fingerprint density at radius 1 is 0.905 bits per heavy atom. The molecule has 0 aromatic rings. The first-order valence-corrected chi connectivity index (χ1v) is 17.3. The average molecular weight is 580 g/mol. The van der Waals surface area contributed by atoms with Gasteiger partial charge >= 0.3 is 5.97 Å². The molecular weight excluding hydrogens is 518 g/mol. The Morgan fingerprint density at radius 3 is 2.21 bits per heavy atom. The third kappa shape index (κ3) is 4.18. The largest absolute Gasteiger partial charge is 0.469 e. The van der Waals surface area contributed by atoms with Gasteiger partial charge in [0.1, 0.15) is 5.60 Å². The molecule has 42 heavy (non-hydrogen) atoms. The van der Waals surface area contributed by atoms with Gasteiger partial charge in [-0.1, -0.05) is 72.5 Å². The SMILES string of the molecule is C=C(C)[C@@H]1CC[C@]2(C(=O)OC)CC[C@]3(C)[C@H](CC[C@@H]4[C@@]5(C)CC[C@@](O)(C#CCN(CC)CC)C(C)(C)[C@@H]5CC[C@]43C)[C@@H]12. The molecule has 0 amide bonds. The van der Waals surface area contributed by atoms with E-state index in [4.69, 9.17) is 4.74 Å². The summed E-state index contributed by atoms with van der Waals surface area (Å²) in [5.41, 5.74) is 0.295. The number of hydrogen-bond donors (Lipinski definition) is 1. The molecule has 5 fully saturated rings. The van der Waals surface area contributed by atoms with Crippen LogP contribution >= 0.6 is 0 Å². The van der Waals surface area contributed by atoms with Gasteiger partial charge in [-0.05, 0) is 130 Å². The summed E-state index contributed by atoms with van der Waals surface area (Å²) < 4.78 is 5.54. The predicted octanol–water partition coefficient (Wildman–Crippen LogP) is 7.89. The second-order valence-electron chi connectivity index (χ2n) is 16.7. The van der Waals surface area contributed by atoms with Gasteiger partial charge in [-0.2, -0.15) is 0 Å². The molecule has 5 aliphatic rings. The Morgan fingerprint density at radius 2 is 1.60 bits per heavy atom. The standard InChI is InChI=1S/C38H61NO3/c1-11-39(12-2)25-13-18-38(41)24-21-34(7)29(33(38,5)6)17-19-36(9)30(34)15-14-28-31-27(26(3)4)16-20-37(31,32(40)42-10)23-22-35(28,36)8/h27-31,41H,3,11-12,14-17,19-25H2,1-2,4-10H3/t27-,28+,29-,30+,31+,34-,35+,36+,37-,38-/m0/s1. The molecule has 10 atom stereocenters. The topological polar surface area (TPSA) is 49.8 Å². The minimum atomic E-state index is -0.942. The van der Waals surface area contributed by atoms with E-state index in [9.17, 15) is 9.90 Å². The van der Waals surface area contributed by atoms with Crippen molar-refractivity contribution in [2.45, 2.75) is 125 Å². The lowest BCUT2D eigenvalue weighted by molar-refractivity contribution is -0.256. The first-order valence-electron chi connectivity index (χ1n) is 17.3. The zero-order valence-corrected chi connectivity index (χ0v) is 28.5.